The molecule has 1 saturated heterocycles. The van der Waals surface area contributed by atoms with Crippen molar-refractivity contribution in [1.82, 2.24) is 15.3 Å². The number of aromatic nitrogens is 2. The largest absolute Gasteiger partial charge is 0.376 e. The number of hydrogen-bond acceptors (Lipinski definition) is 5. The number of rotatable bonds is 5. The van der Waals surface area contributed by atoms with E-state index in [4.69, 9.17) is 10.5 Å². The third-order valence-electron chi connectivity index (χ3n) is 5.36. The predicted molar refractivity (Wildman–Crippen MR) is 106 cm³/mol. The van der Waals surface area contributed by atoms with Gasteiger partial charge < -0.3 is 15.8 Å². The molecule has 1 aliphatic heterocycles. The number of carbonyl (C=O) groups excluding carboxylic acids is 1. The smallest absolute Gasteiger partial charge is 0.254 e. The lowest BCUT2D eigenvalue weighted by molar-refractivity contribution is -0.0838. The maximum absolute atomic E-state index is 12.5. The molecule has 144 valence electrons. The first kappa shape index (κ1) is 19.3. The van der Waals surface area contributed by atoms with Crippen molar-refractivity contribution in [2.45, 2.75) is 51.0 Å². The van der Waals surface area contributed by atoms with Crippen LogP contribution in [0.3, 0.4) is 0 Å². The summed E-state index contributed by atoms with van der Waals surface area (Å²) in [6.07, 6.45) is 4.20. The highest BCUT2D eigenvalue weighted by atomic mass is 16.5. The topological polar surface area (TPSA) is 90.1 Å². The Balaban J connectivity index is 1.73. The molecule has 6 nitrogen and oxygen atoms in total. The first-order valence-electron chi connectivity index (χ1n) is 9.38. The van der Waals surface area contributed by atoms with Crippen LogP contribution in [0.15, 0.2) is 36.5 Å². The monoisotopic (exact) mass is 368 g/mol. The van der Waals surface area contributed by atoms with Gasteiger partial charge in [-0.25, -0.2) is 9.97 Å². The van der Waals surface area contributed by atoms with Crippen molar-refractivity contribution in [3.63, 3.8) is 0 Å². The Morgan fingerprint density at radius 3 is 2.70 bits per heavy atom. The van der Waals surface area contributed by atoms with Gasteiger partial charge in [0.1, 0.15) is 0 Å². The third kappa shape index (κ3) is 4.45. The maximum atomic E-state index is 12.5. The number of nitrogens with zero attached hydrogens (tertiary/aromatic N) is 2. The fourth-order valence-corrected chi connectivity index (χ4v) is 4.09. The maximum Gasteiger partial charge on any atom is 0.254 e. The number of amides is 1. The summed E-state index contributed by atoms with van der Waals surface area (Å²) in [5.74, 6) is 0.0125. The average Bonchev–Trinajstić information content (AvgIpc) is 2.61. The summed E-state index contributed by atoms with van der Waals surface area (Å²) < 4.78 is 5.95. The lowest BCUT2D eigenvalue weighted by atomic mass is 9.67. The molecule has 6 heteroatoms. The van der Waals surface area contributed by atoms with Gasteiger partial charge in [0.2, 0.25) is 5.95 Å². The number of ether oxygens (including phenoxy) is 1. The van der Waals surface area contributed by atoms with Crippen LogP contribution in [0.25, 0.3) is 0 Å². The molecule has 1 aromatic carbocycles. The van der Waals surface area contributed by atoms with E-state index in [2.05, 4.69) is 53.4 Å². The molecule has 2 heterocycles. The zero-order valence-corrected chi connectivity index (χ0v) is 16.3. The van der Waals surface area contributed by atoms with Gasteiger partial charge in [-0.2, -0.15) is 0 Å². The molecule has 1 fully saturated rings. The third-order valence-corrected chi connectivity index (χ3v) is 5.36. The number of nitrogen functional groups attached to an aromatic ring is 1. The van der Waals surface area contributed by atoms with E-state index in [1.165, 1.54) is 11.8 Å². The van der Waals surface area contributed by atoms with E-state index in [1.54, 1.807) is 6.92 Å². The highest BCUT2D eigenvalue weighted by molar-refractivity contribution is 5.94. The van der Waals surface area contributed by atoms with Crippen LogP contribution in [0.5, 0.6) is 0 Å². The Labute approximate surface area is 160 Å². The van der Waals surface area contributed by atoms with Crippen molar-refractivity contribution in [2.24, 2.45) is 0 Å². The van der Waals surface area contributed by atoms with Gasteiger partial charge in [-0.3, -0.25) is 4.79 Å². The minimum atomic E-state index is -0.181. The Hall–Kier alpha value is -2.47. The number of anilines is 1. The summed E-state index contributed by atoms with van der Waals surface area (Å²) in [5, 5.41) is 3.03. The lowest BCUT2D eigenvalue weighted by Gasteiger charge is -2.45. The van der Waals surface area contributed by atoms with Crippen molar-refractivity contribution in [3.8, 4) is 0 Å². The van der Waals surface area contributed by atoms with E-state index in [-0.39, 0.29) is 22.9 Å². The van der Waals surface area contributed by atoms with Gasteiger partial charge in [0.25, 0.3) is 5.91 Å². The summed E-state index contributed by atoms with van der Waals surface area (Å²) in [4.78, 5) is 20.5. The van der Waals surface area contributed by atoms with Crippen LogP contribution in [-0.2, 0) is 10.2 Å². The zero-order chi connectivity index (χ0) is 19.5. The van der Waals surface area contributed by atoms with Crippen molar-refractivity contribution < 1.29 is 9.53 Å². The molecule has 0 aliphatic carbocycles. The van der Waals surface area contributed by atoms with Crippen LogP contribution in [-0.4, -0.2) is 34.6 Å². The van der Waals surface area contributed by atoms with Gasteiger partial charge in [-0.1, -0.05) is 30.3 Å². The molecule has 0 bridgehead atoms. The normalized spacial score (nSPS) is 21.6. The van der Waals surface area contributed by atoms with Crippen LogP contribution in [0.2, 0.25) is 0 Å². The SMILES string of the molecule is Cc1nc(N)ncc1C(=O)NCC[C@]1(c2ccccc2)CCOC(C)(C)C1. The molecule has 1 amide bonds. The molecular weight excluding hydrogens is 340 g/mol. The zero-order valence-electron chi connectivity index (χ0n) is 16.3. The summed E-state index contributed by atoms with van der Waals surface area (Å²) >= 11 is 0. The van der Waals surface area contributed by atoms with Crippen LogP contribution in [0.1, 0.15) is 54.7 Å². The van der Waals surface area contributed by atoms with Gasteiger partial charge in [0, 0.05) is 24.8 Å². The fourth-order valence-electron chi connectivity index (χ4n) is 4.09. The molecule has 0 saturated carbocycles. The minimum Gasteiger partial charge on any atom is -0.376 e. The van der Waals surface area contributed by atoms with Crippen molar-refractivity contribution >= 4 is 11.9 Å². The van der Waals surface area contributed by atoms with Gasteiger partial charge in [0.15, 0.2) is 0 Å². The van der Waals surface area contributed by atoms with Gasteiger partial charge in [-0.15, -0.1) is 0 Å². The molecule has 0 spiro atoms. The van der Waals surface area contributed by atoms with Crippen LogP contribution >= 0.6 is 0 Å². The van der Waals surface area contributed by atoms with E-state index >= 15 is 0 Å². The molecule has 0 unspecified atom stereocenters. The second-order valence-electron chi connectivity index (χ2n) is 7.91. The Bertz CT molecular complexity index is 807. The molecule has 3 N–H and O–H groups in total. The van der Waals surface area contributed by atoms with E-state index in [0.29, 0.717) is 17.8 Å². The van der Waals surface area contributed by atoms with Gasteiger partial charge >= 0.3 is 0 Å². The number of nitrogens with one attached hydrogen (secondary N) is 1. The molecular formula is C21H28N4O2. The minimum absolute atomic E-state index is 0.0110. The molecule has 1 atom stereocenters. The first-order chi connectivity index (χ1) is 12.8. The number of hydrogen-bond donors (Lipinski definition) is 2. The molecule has 1 aliphatic rings. The summed E-state index contributed by atoms with van der Waals surface area (Å²) in [5.41, 5.74) is 7.73. The van der Waals surface area contributed by atoms with E-state index in [0.717, 1.165) is 25.9 Å². The van der Waals surface area contributed by atoms with E-state index in [1.807, 2.05) is 6.07 Å². The standard InChI is InChI=1S/C21H28N4O2/c1-15-17(13-24-19(22)25-15)18(26)23-11-9-21(16-7-5-4-6-8-16)10-12-27-20(2,3)14-21/h4-8,13H,9-12,14H2,1-3H3,(H,23,26)(H2,22,24,25)/t21-/m0/s1. The second-order valence-corrected chi connectivity index (χ2v) is 7.91. The number of nitrogens with two attached hydrogens (primary N) is 1. The fraction of sp³-hybridized carbons (Fsp3) is 0.476. The highest BCUT2D eigenvalue weighted by Gasteiger charge is 2.41. The average molecular weight is 368 g/mol. The summed E-state index contributed by atoms with van der Waals surface area (Å²) in [7, 11) is 0. The first-order valence-corrected chi connectivity index (χ1v) is 9.38. The van der Waals surface area contributed by atoms with Gasteiger partial charge in [-0.05, 0) is 45.6 Å². The Kier molecular flexibility index (Phi) is 5.46. The molecule has 2 aromatic rings. The summed E-state index contributed by atoms with van der Waals surface area (Å²) in [6, 6.07) is 10.6. The van der Waals surface area contributed by atoms with Crippen LogP contribution in [0.4, 0.5) is 5.95 Å². The predicted octanol–water partition coefficient (Wildman–Crippen LogP) is 3.01. The molecule has 1 aromatic heterocycles. The summed E-state index contributed by atoms with van der Waals surface area (Å²) in [6.45, 7) is 7.34. The molecule has 0 radical (unpaired) electrons. The van der Waals surface area contributed by atoms with E-state index in [9.17, 15) is 4.79 Å². The number of aryl methyl sites for hydroxylation is 1. The van der Waals surface area contributed by atoms with Crippen LogP contribution in [0, 0.1) is 6.92 Å². The van der Waals surface area contributed by atoms with Crippen molar-refractivity contribution in [1.29, 1.82) is 0 Å². The Morgan fingerprint density at radius 1 is 1.30 bits per heavy atom. The number of benzene rings is 1. The molecule has 3 rings (SSSR count). The Morgan fingerprint density at radius 2 is 2.04 bits per heavy atom. The second kappa shape index (κ2) is 7.64. The van der Waals surface area contributed by atoms with Crippen molar-refractivity contribution in [2.75, 3.05) is 18.9 Å². The highest BCUT2D eigenvalue weighted by Crippen LogP contribution is 2.43. The lowest BCUT2D eigenvalue weighted by Crippen LogP contribution is -2.45. The van der Waals surface area contributed by atoms with Crippen LogP contribution < -0.4 is 11.1 Å². The number of carbonyl (C=O) groups is 1. The quantitative estimate of drug-likeness (QED) is 0.847. The van der Waals surface area contributed by atoms with Crippen molar-refractivity contribution in [3.05, 3.63) is 53.3 Å². The molecule has 27 heavy (non-hydrogen) atoms. The van der Waals surface area contributed by atoms with Gasteiger partial charge in [0.05, 0.1) is 16.9 Å². The van der Waals surface area contributed by atoms with E-state index < -0.39 is 0 Å².